The lowest BCUT2D eigenvalue weighted by Gasteiger charge is -2.35. The van der Waals surface area contributed by atoms with E-state index in [1.165, 1.54) is 41.3 Å². The molecule has 5 atom stereocenters. The molecule has 0 saturated carbocycles. The van der Waals surface area contributed by atoms with Crippen molar-refractivity contribution in [2.45, 2.75) is 122 Å². The minimum atomic E-state index is -4.86. The van der Waals surface area contributed by atoms with Gasteiger partial charge in [-0.05, 0) is 89.9 Å². The Morgan fingerprint density at radius 3 is 2.15 bits per heavy atom. The normalized spacial score (nSPS) is 18.6. The molecule has 3 aliphatic rings. The van der Waals surface area contributed by atoms with Gasteiger partial charge in [-0.3, -0.25) is 33.6 Å². The lowest BCUT2D eigenvalue weighted by molar-refractivity contribution is -0.187. The van der Waals surface area contributed by atoms with E-state index in [4.69, 9.17) is 4.74 Å². The van der Waals surface area contributed by atoms with Crippen LogP contribution in [0, 0.1) is 18.2 Å². The van der Waals surface area contributed by atoms with E-state index in [-0.39, 0.29) is 68.4 Å². The van der Waals surface area contributed by atoms with Crippen LogP contribution in [-0.4, -0.2) is 116 Å². The molecule has 5 N–H and O–H groups in total. The summed E-state index contributed by atoms with van der Waals surface area (Å²) in [6.45, 7) is 6.59. The molecule has 422 valence electrons. The number of halogens is 4. The maximum absolute atomic E-state index is 14.2. The van der Waals surface area contributed by atoms with Crippen LogP contribution in [0.2, 0.25) is 0 Å². The van der Waals surface area contributed by atoms with Crippen molar-refractivity contribution >= 4 is 64.5 Å². The van der Waals surface area contributed by atoms with E-state index in [9.17, 15) is 61.0 Å². The summed E-state index contributed by atoms with van der Waals surface area (Å²) < 4.78 is 60.7. The summed E-state index contributed by atoms with van der Waals surface area (Å²) in [6, 6.07) is 18.7. The predicted molar refractivity (Wildman–Crippen MR) is 284 cm³/mol. The van der Waals surface area contributed by atoms with Crippen molar-refractivity contribution in [1.82, 2.24) is 35.6 Å². The van der Waals surface area contributed by atoms with Crippen LogP contribution in [-0.2, 0) is 65.2 Å². The van der Waals surface area contributed by atoms with E-state index in [1.807, 2.05) is 31.2 Å². The third-order valence-electron chi connectivity index (χ3n) is 14.4. The molecule has 8 amide bonds. The van der Waals surface area contributed by atoms with Gasteiger partial charge in [0, 0.05) is 68.7 Å². The molecule has 8 rings (SSSR count). The van der Waals surface area contributed by atoms with Crippen LogP contribution >= 0.6 is 11.3 Å². The maximum atomic E-state index is 14.2. The molecule has 80 heavy (non-hydrogen) atoms. The number of fused-ring (bicyclic) bond motifs is 2. The number of aryl methyl sites for hydroxylation is 2. The van der Waals surface area contributed by atoms with Crippen LogP contribution < -0.4 is 21.3 Å². The summed E-state index contributed by atoms with van der Waals surface area (Å²) >= 11 is 1.54. The number of carbonyl (C=O) groups excluding carboxylic acids is 8. The second-order valence-electron chi connectivity index (χ2n) is 21.2. The molecular weight excluding hydrogens is 1060 g/mol. The first-order chi connectivity index (χ1) is 37.8. The zero-order valence-electron chi connectivity index (χ0n) is 44.4. The number of hydrogen-bond acceptors (Lipinski definition) is 12. The Morgan fingerprint density at radius 2 is 1.51 bits per heavy atom. The smallest absolute Gasteiger partial charge is 0.418 e. The zero-order chi connectivity index (χ0) is 57.8. The summed E-state index contributed by atoms with van der Waals surface area (Å²) in [5, 5.41) is 21.8. The predicted octanol–water partition coefficient (Wildman–Crippen LogP) is 6.82. The number of aromatic nitrogens is 1. The minimum Gasteiger partial charge on any atom is -0.427 e. The molecule has 23 heteroatoms. The number of thiazole rings is 1. The standard InChI is InChI=1S/C57H60F4N8O10S/c1-32-48(80-31-64-32)37-12-6-35(7-13-37)27-63-51(75)44-25-42(70)29-68(44)52(76)49(55(3,4)5)66-50(74)38-14-8-34(9-15-38)26-62-45(71)20-21-46(72)65-41-18-19-43-39(24-41)22-23-56(43)53(77)69(54(78)79-56)30-47(73)67(33(2)57(59,60)61)28-36-10-16-40(58)17-11-36/h6-19,24,31,33,42,44,49,70H,20-23,25-30H2,1-5H3,(H,62,71)(H,63,75)(H,65,72)(H,66,74)/t33-,42+,44-,49?,56+/m0/s1. The number of amides is 8. The van der Waals surface area contributed by atoms with Crippen molar-refractivity contribution in [3.63, 3.8) is 0 Å². The van der Waals surface area contributed by atoms with Crippen molar-refractivity contribution in [3.8, 4) is 10.4 Å². The molecule has 0 radical (unpaired) electrons. The number of β-amino-alcohol motifs (C(OH)–C–C–N with tert-alkyl or cyclic N) is 1. The summed E-state index contributed by atoms with van der Waals surface area (Å²) in [5.41, 5.74) is 4.08. The molecule has 0 bridgehead atoms. The van der Waals surface area contributed by atoms with Gasteiger partial charge >= 0.3 is 12.3 Å². The van der Waals surface area contributed by atoms with Gasteiger partial charge in [0.15, 0.2) is 0 Å². The van der Waals surface area contributed by atoms with Crippen molar-refractivity contribution in [1.29, 1.82) is 0 Å². The Kier molecular flexibility index (Phi) is 17.2. The maximum Gasteiger partial charge on any atom is 0.418 e. The van der Waals surface area contributed by atoms with E-state index in [0.717, 1.165) is 40.8 Å². The highest BCUT2D eigenvalue weighted by Gasteiger charge is 2.59. The van der Waals surface area contributed by atoms with Gasteiger partial charge in [-0.25, -0.2) is 19.1 Å². The fourth-order valence-corrected chi connectivity index (χ4v) is 10.7. The molecular formula is C57H60F4N8O10S. The first-order valence-corrected chi connectivity index (χ1v) is 26.7. The SMILES string of the molecule is Cc1ncsc1-c1ccc(CNC(=O)[C@@H]2C[C@@H](O)CN2C(=O)C(NC(=O)c2ccc(CNC(=O)CCC(=O)Nc3ccc4c(c3)CC[C@@]43OC(=O)N(CC(=O)N(Cc4ccc(F)cc4)[C@@H](C)C(F)(F)F)C3=O)cc2)C(C)(C)C)cc1. The average molecular weight is 1130 g/mol. The molecule has 18 nitrogen and oxygen atoms in total. The van der Waals surface area contributed by atoms with Gasteiger partial charge in [0.25, 0.3) is 11.8 Å². The quantitative estimate of drug-likeness (QED) is 0.0571. The number of imide groups is 1. The molecule has 1 aromatic heterocycles. The molecule has 1 unspecified atom stereocenters. The number of alkyl halides is 3. The van der Waals surface area contributed by atoms with Crippen molar-refractivity contribution < 1.29 is 65.8 Å². The number of benzene rings is 4. The third-order valence-corrected chi connectivity index (χ3v) is 15.4. The zero-order valence-corrected chi connectivity index (χ0v) is 45.3. The fourth-order valence-electron chi connectivity index (χ4n) is 9.87. The van der Waals surface area contributed by atoms with Crippen LogP contribution in [0.1, 0.15) is 97.2 Å². The number of ether oxygens (including phenoxy) is 1. The molecule has 1 spiro atoms. The fraction of sp³-hybridized carbons (Fsp3) is 0.386. The van der Waals surface area contributed by atoms with E-state index in [0.29, 0.717) is 26.6 Å². The molecule has 5 aromatic rings. The molecule has 2 aliphatic heterocycles. The highest BCUT2D eigenvalue weighted by Crippen LogP contribution is 2.46. The van der Waals surface area contributed by atoms with Crippen molar-refractivity contribution in [2.75, 3.05) is 18.4 Å². The number of hydrogen-bond donors (Lipinski definition) is 5. The number of likely N-dealkylation sites (tertiary alicyclic amines) is 1. The largest absolute Gasteiger partial charge is 0.427 e. The highest BCUT2D eigenvalue weighted by atomic mass is 32.1. The van der Waals surface area contributed by atoms with Crippen LogP contribution in [0.25, 0.3) is 10.4 Å². The van der Waals surface area contributed by atoms with Crippen LogP contribution in [0.15, 0.2) is 96.5 Å². The highest BCUT2D eigenvalue weighted by molar-refractivity contribution is 7.13. The molecule has 4 aromatic carbocycles. The van der Waals surface area contributed by atoms with E-state index in [1.54, 1.807) is 55.8 Å². The number of nitrogens with one attached hydrogen (secondary N) is 4. The molecule has 3 heterocycles. The van der Waals surface area contributed by atoms with Crippen molar-refractivity contribution in [3.05, 3.63) is 141 Å². The Balaban J connectivity index is 0.793. The van der Waals surface area contributed by atoms with E-state index < -0.39 is 108 Å². The van der Waals surface area contributed by atoms with Crippen LogP contribution in [0.5, 0.6) is 0 Å². The summed E-state index contributed by atoms with van der Waals surface area (Å²) in [4.78, 5) is 115. The Bertz CT molecular complexity index is 3190. The van der Waals surface area contributed by atoms with Gasteiger partial charge in [-0.1, -0.05) is 75.4 Å². The Hall–Kier alpha value is -8.05. The number of aliphatic hydroxyl groups excluding tert-OH is 1. The number of nitrogens with zero attached hydrogens (tertiary/aromatic N) is 4. The minimum absolute atomic E-state index is 0.0321. The first kappa shape index (κ1) is 58.1. The monoisotopic (exact) mass is 1120 g/mol. The lowest BCUT2D eigenvalue weighted by Crippen LogP contribution is -2.57. The Morgan fingerprint density at radius 1 is 0.875 bits per heavy atom. The average Bonchev–Trinajstić information content (AvgIpc) is 4.40. The van der Waals surface area contributed by atoms with Crippen LogP contribution in [0.4, 0.5) is 28.0 Å². The van der Waals surface area contributed by atoms with E-state index >= 15 is 0 Å². The molecule has 1 aliphatic carbocycles. The lowest BCUT2D eigenvalue weighted by atomic mass is 9.85. The van der Waals surface area contributed by atoms with Gasteiger partial charge in [-0.2, -0.15) is 13.2 Å². The molecule has 2 fully saturated rings. The number of anilines is 1. The van der Waals surface area contributed by atoms with Gasteiger partial charge in [-0.15, -0.1) is 11.3 Å². The summed E-state index contributed by atoms with van der Waals surface area (Å²) in [6.07, 6.45) is -7.24. The van der Waals surface area contributed by atoms with Gasteiger partial charge in [0.2, 0.25) is 35.1 Å². The Labute approximate surface area is 462 Å². The second kappa shape index (κ2) is 23.7. The van der Waals surface area contributed by atoms with Gasteiger partial charge < -0.3 is 40.9 Å². The summed E-state index contributed by atoms with van der Waals surface area (Å²) in [5.74, 6) is -5.23. The first-order valence-electron chi connectivity index (χ1n) is 25.8. The topological polar surface area (TPSA) is 237 Å². The van der Waals surface area contributed by atoms with Crippen LogP contribution in [0.3, 0.4) is 0 Å². The second-order valence-corrected chi connectivity index (χ2v) is 22.1. The molecule has 2 saturated heterocycles. The third kappa shape index (κ3) is 13.2. The number of rotatable bonds is 18. The van der Waals surface area contributed by atoms with E-state index in [2.05, 4.69) is 26.3 Å². The van der Waals surface area contributed by atoms with Gasteiger partial charge in [0.05, 0.1) is 22.2 Å². The number of aliphatic hydroxyl groups is 1. The summed E-state index contributed by atoms with van der Waals surface area (Å²) in [7, 11) is 0. The van der Waals surface area contributed by atoms with Crippen molar-refractivity contribution in [2.24, 2.45) is 5.41 Å². The number of carbonyl (C=O) groups is 8. The van der Waals surface area contributed by atoms with Gasteiger partial charge in [0.1, 0.15) is 30.5 Å².